The van der Waals surface area contributed by atoms with Gasteiger partial charge < -0.3 is 41.0 Å². The van der Waals surface area contributed by atoms with E-state index in [2.05, 4.69) is 26.1 Å². The van der Waals surface area contributed by atoms with Gasteiger partial charge in [-0.1, -0.05) is 54.9 Å². The number of H-pyrrole nitrogens is 1. The number of hydrogen-bond donors (Lipinski definition) is 6. The summed E-state index contributed by atoms with van der Waals surface area (Å²) >= 11 is 0. The number of methoxy groups -OCH3 is 1. The van der Waals surface area contributed by atoms with Crippen molar-refractivity contribution in [3.05, 3.63) is 71.2 Å². The Morgan fingerprint density at radius 2 is 1.87 bits per heavy atom. The highest BCUT2D eigenvalue weighted by molar-refractivity contribution is 6.03. The lowest BCUT2D eigenvalue weighted by Gasteiger charge is -2.27. The van der Waals surface area contributed by atoms with Crippen molar-refractivity contribution in [3.63, 3.8) is 0 Å². The van der Waals surface area contributed by atoms with Gasteiger partial charge in [-0.15, -0.1) is 0 Å². The third-order valence-electron chi connectivity index (χ3n) is 6.94. The van der Waals surface area contributed by atoms with Crippen LogP contribution in [-0.4, -0.2) is 72.4 Å². The van der Waals surface area contributed by atoms with Crippen molar-refractivity contribution in [2.45, 2.75) is 50.9 Å². The van der Waals surface area contributed by atoms with E-state index in [0.29, 0.717) is 28.8 Å². The molecule has 45 heavy (non-hydrogen) atoms. The smallest absolute Gasteiger partial charge is 0.407 e. The van der Waals surface area contributed by atoms with E-state index >= 15 is 4.39 Å². The number of ether oxygens (including phenoxy) is 2. The number of benzene rings is 2. The largest absolute Gasteiger partial charge is 0.467 e. The number of unbranched alkanes of at least 4 members (excludes halogenated alkanes) is 1. The van der Waals surface area contributed by atoms with Crippen LogP contribution in [0.1, 0.15) is 54.2 Å². The number of fused-ring (bicyclic) bond motifs is 1. The number of alkyl carbamates (subject to hydrolysis) is 1. The molecule has 1 aliphatic heterocycles. The van der Waals surface area contributed by atoms with E-state index in [0.717, 1.165) is 13.5 Å². The Morgan fingerprint density at radius 3 is 2.53 bits per heavy atom. The highest BCUT2D eigenvalue weighted by atomic mass is 19.1. The zero-order chi connectivity index (χ0) is 32.5. The van der Waals surface area contributed by atoms with E-state index in [1.807, 2.05) is 6.92 Å². The SMILES string of the molecule is CCCCOC(=O)NC(C(=O)OC)[C@H](NC(=O)CC1CC(c2ccc(C(=N)N)cc2)=NO1)NC(=O)c1[nH]c2ccccc2c1F. The fraction of sp³-hybridized carbons (Fsp3) is 0.333. The summed E-state index contributed by atoms with van der Waals surface area (Å²) in [5.74, 6) is -3.61. The zero-order valence-corrected chi connectivity index (χ0v) is 24.6. The van der Waals surface area contributed by atoms with Crippen molar-refractivity contribution in [2.75, 3.05) is 13.7 Å². The van der Waals surface area contributed by atoms with Gasteiger partial charge >= 0.3 is 12.1 Å². The highest BCUT2D eigenvalue weighted by Gasteiger charge is 2.36. The first kappa shape index (κ1) is 32.4. The Kier molecular flexibility index (Phi) is 10.7. The molecule has 0 radical (unpaired) electrons. The molecule has 3 atom stereocenters. The van der Waals surface area contributed by atoms with Crippen LogP contribution in [0.15, 0.2) is 53.7 Å². The van der Waals surface area contributed by atoms with E-state index in [9.17, 15) is 19.2 Å². The Balaban J connectivity index is 1.50. The van der Waals surface area contributed by atoms with Gasteiger partial charge in [0.1, 0.15) is 23.8 Å². The van der Waals surface area contributed by atoms with Gasteiger partial charge in [0, 0.05) is 22.9 Å². The Bertz CT molecular complexity index is 1610. The summed E-state index contributed by atoms with van der Waals surface area (Å²) in [5.41, 5.74) is 7.22. The van der Waals surface area contributed by atoms with Gasteiger partial charge in [0.05, 0.1) is 25.8 Å². The second kappa shape index (κ2) is 14.8. The minimum atomic E-state index is -1.65. The average molecular weight is 624 g/mol. The summed E-state index contributed by atoms with van der Waals surface area (Å²) in [7, 11) is 1.06. The van der Waals surface area contributed by atoms with Crippen LogP contribution in [0.4, 0.5) is 9.18 Å². The summed E-state index contributed by atoms with van der Waals surface area (Å²) in [6, 6.07) is 11.4. The van der Waals surface area contributed by atoms with Gasteiger partial charge in [-0.3, -0.25) is 15.0 Å². The monoisotopic (exact) mass is 623 g/mol. The number of amides is 3. The van der Waals surface area contributed by atoms with E-state index in [1.165, 1.54) is 6.07 Å². The van der Waals surface area contributed by atoms with Crippen LogP contribution in [0.25, 0.3) is 10.9 Å². The molecular weight excluding hydrogens is 589 g/mol. The van der Waals surface area contributed by atoms with Gasteiger partial charge in [0.25, 0.3) is 5.91 Å². The second-order valence-electron chi connectivity index (χ2n) is 10.2. The number of nitrogen functional groups attached to an aromatic ring is 1. The molecule has 1 aromatic heterocycles. The van der Waals surface area contributed by atoms with Crippen LogP contribution in [0, 0.1) is 11.2 Å². The average Bonchev–Trinajstić information content (AvgIpc) is 3.63. The molecule has 2 heterocycles. The van der Waals surface area contributed by atoms with Crippen LogP contribution < -0.4 is 21.7 Å². The minimum Gasteiger partial charge on any atom is -0.467 e. The fourth-order valence-corrected chi connectivity index (χ4v) is 4.55. The number of carbonyl (C=O) groups excluding carboxylic acids is 4. The van der Waals surface area contributed by atoms with Crippen molar-refractivity contribution in [1.82, 2.24) is 20.9 Å². The lowest BCUT2D eigenvalue weighted by Crippen LogP contribution is -2.63. The number of nitrogens with zero attached hydrogens (tertiary/aromatic N) is 1. The van der Waals surface area contributed by atoms with E-state index < -0.39 is 53.7 Å². The first-order chi connectivity index (χ1) is 21.6. The van der Waals surface area contributed by atoms with Crippen LogP contribution in [-0.2, 0) is 23.9 Å². The van der Waals surface area contributed by atoms with Gasteiger partial charge in [0.2, 0.25) is 5.91 Å². The predicted octanol–water partition coefficient (Wildman–Crippen LogP) is 2.41. The molecule has 3 amide bonds. The Hall–Kier alpha value is -5.47. The van der Waals surface area contributed by atoms with Crippen molar-refractivity contribution in [2.24, 2.45) is 10.9 Å². The van der Waals surface area contributed by atoms with Gasteiger partial charge in [0.15, 0.2) is 11.9 Å². The molecule has 7 N–H and O–H groups in total. The predicted molar refractivity (Wildman–Crippen MR) is 161 cm³/mol. The standard InChI is InChI=1S/C30H34FN7O7/c1-3-4-13-44-30(42)36-25(29(41)43-2)27(37-28(40)24-23(31)19-7-5-6-8-20(19)34-24)35-22(39)15-18-14-21(38-45-18)16-9-11-17(12-10-16)26(32)33/h5-12,18,25,27,34H,3-4,13-15H2,1-2H3,(H3,32,33)(H,35,39)(H,36,42)(H,37,40)/t18?,25?,27-/m1/s1. The summed E-state index contributed by atoms with van der Waals surface area (Å²) in [5, 5.41) is 19.0. The number of nitrogens with two attached hydrogens (primary N) is 1. The summed E-state index contributed by atoms with van der Waals surface area (Å²) in [4.78, 5) is 59.9. The minimum absolute atomic E-state index is 0.0682. The molecule has 0 saturated carbocycles. The summed E-state index contributed by atoms with van der Waals surface area (Å²) in [6.07, 6.45) is -1.96. The van der Waals surface area contributed by atoms with Gasteiger partial charge in [-0.2, -0.15) is 0 Å². The van der Waals surface area contributed by atoms with Crippen LogP contribution >= 0.6 is 0 Å². The molecule has 15 heteroatoms. The Labute approximate surface area is 257 Å². The molecule has 0 aliphatic carbocycles. The highest BCUT2D eigenvalue weighted by Crippen LogP contribution is 2.21. The fourth-order valence-electron chi connectivity index (χ4n) is 4.55. The molecule has 0 saturated heterocycles. The van der Waals surface area contributed by atoms with Gasteiger partial charge in [-0.05, 0) is 24.1 Å². The maximum Gasteiger partial charge on any atom is 0.407 e. The van der Waals surface area contributed by atoms with Crippen molar-refractivity contribution < 1.29 is 37.9 Å². The lowest BCUT2D eigenvalue weighted by atomic mass is 10.0. The zero-order valence-electron chi connectivity index (χ0n) is 24.6. The van der Waals surface area contributed by atoms with E-state index in [-0.39, 0.29) is 30.7 Å². The lowest BCUT2D eigenvalue weighted by molar-refractivity contribution is -0.144. The normalized spacial score (nSPS) is 15.3. The third kappa shape index (κ3) is 8.13. The summed E-state index contributed by atoms with van der Waals surface area (Å²) < 4.78 is 25.0. The first-order valence-electron chi connectivity index (χ1n) is 14.2. The van der Waals surface area contributed by atoms with Crippen LogP contribution in [0.2, 0.25) is 0 Å². The van der Waals surface area contributed by atoms with Crippen LogP contribution in [0.5, 0.6) is 0 Å². The molecular formula is C30H34FN7O7. The van der Waals surface area contributed by atoms with Crippen LogP contribution in [0.3, 0.4) is 0 Å². The number of halogens is 1. The third-order valence-corrected chi connectivity index (χ3v) is 6.94. The maximum absolute atomic E-state index is 15.1. The number of rotatable bonds is 13. The molecule has 0 bridgehead atoms. The number of nitrogens with one attached hydrogen (secondary N) is 5. The van der Waals surface area contributed by atoms with Crippen molar-refractivity contribution in [3.8, 4) is 0 Å². The molecule has 0 fully saturated rings. The number of aromatic amines is 1. The molecule has 2 aromatic carbocycles. The van der Waals surface area contributed by atoms with E-state index in [4.69, 9.17) is 25.5 Å². The Morgan fingerprint density at radius 1 is 1.13 bits per heavy atom. The van der Waals surface area contributed by atoms with Crippen molar-refractivity contribution in [1.29, 1.82) is 5.41 Å². The van der Waals surface area contributed by atoms with Gasteiger partial charge in [-0.25, -0.2) is 14.0 Å². The molecule has 1 aliphatic rings. The van der Waals surface area contributed by atoms with Crippen molar-refractivity contribution >= 4 is 46.3 Å². The molecule has 238 valence electrons. The van der Waals surface area contributed by atoms with E-state index in [1.54, 1.807) is 42.5 Å². The number of oxime groups is 1. The quantitative estimate of drug-likeness (QED) is 0.0546. The topological polar surface area (TPSA) is 210 Å². The molecule has 4 rings (SSSR count). The second-order valence-corrected chi connectivity index (χ2v) is 10.2. The number of aromatic nitrogens is 1. The maximum atomic E-state index is 15.1. The molecule has 0 spiro atoms. The number of para-hydroxylation sites is 1. The molecule has 2 unspecified atom stereocenters. The number of carbonyl (C=O) groups is 4. The number of esters is 1. The number of amidine groups is 1. The molecule has 3 aromatic rings. The summed E-state index contributed by atoms with van der Waals surface area (Å²) in [6.45, 7) is 1.97. The molecule has 14 nitrogen and oxygen atoms in total. The number of hydrogen-bond acceptors (Lipinski definition) is 9. The first-order valence-corrected chi connectivity index (χ1v) is 14.2.